The molecule has 10 heteroatoms. The van der Waals surface area contributed by atoms with Gasteiger partial charge in [0, 0.05) is 12.4 Å². The van der Waals surface area contributed by atoms with Gasteiger partial charge in [0.1, 0.15) is 22.6 Å². The van der Waals surface area contributed by atoms with Crippen LogP contribution in [0.1, 0.15) is 23.0 Å². The van der Waals surface area contributed by atoms with Crippen molar-refractivity contribution in [2.75, 3.05) is 20.3 Å². The molecule has 1 aromatic heterocycles. The molecule has 1 unspecified atom stereocenters. The van der Waals surface area contributed by atoms with Gasteiger partial charge in [-0.25, -0.2) is 0 Å². The number of likely N-dealkylation sites (N-methyl/N-ethyl adjacent to an activating group) is 1. The van der Waals surface area contributed by atoms with E-state index in [4.69, 9.17) is 9.15 Å². The van der Waals surface area contributed by atoms with E-state index in [0.717, 1.165) is 0 Å². The lowest BCUT2D eigenvalue weighted by Crippen LogP contribution is -2.58. The summed E-state index contributed by atoms with van der Waals surface area (Å²) in [5.41, 5.74) is -1.29. The molecule has 0 saturated carbocycles. The summed E-state index contributed by atoms with van der Waals surface area (Å²) in [4.78, 5) is 24.6. The summed E-state index contributed by atoms with van der Waals surface area (Å²) in [5.74, 6) is -1.23. The van der Waals surface area contributed by atoms with E-state index in [1.165, 1.54) is 39.1 Å². The molecule has 27 heavy (non-hydrogen) atoms. The fourth-order valence-corrected chi connectivity index (χ4v) is 2.49. The SMILES string of the molecule is CNC(=O)C(C)(CO)NC(=O)c1c(C)oc2ccc(OCC(F)(F)F)cc12. The predicted molar refractivity (Wildman–Crippen MR) is 89.5 cm³/mol. The van der Waals surface area contributed by atoms with Crippen LogP contribution in [0.15, 0.2) is 22.6 Å². The number of carbonyl (C=O) groups excluding carboxylic acids is 2. The van der Waals surface area contributed by atoms with Gasteiger partial charge in [-0.2, -0.15) is 13.2 Å². The van der Waals surface area contributed by atoms with Crippen molar-refractivity contribution < 1.29 is 37.0 Å². The second-order valence-electron chi connectivity index (χ2n) is 6.12. The minimum absolute atomic E-state index is 0.0334. The lowest BCUT2D eigenvalue weighted by atomic mass is 10.0. The smallest absolute Gasteiger partial charge is 0.422 e. The molecule has 0 radical (unpaired) electrons. The van der Waals surface area contributed by atoms with Crippen LogP contribution in [-0.2, 0) is 4.79 Å². The number of halogens is 3. The molecule has 2 aromatic rings. The maximum Gasteiger partial charge on any atom is 0.422 e. The van der Waals surface area contributed by atoms with E-state index in [1.54, 1.807) is 0 Å². The number of nitrogens with one attached hydrogen (secondary N) is 2. The van der Waals surface area contributed by atoms with Crippen LogP contribution < -0.4 is 15.4 Å². The number of carbonyl (C=O) groups is 2. The quantitative estimate of drug-likeness (QED) is 0.702. The molecule has 0 aliphatic rings. The molecule has 1 heterocycles. The number of alkyl halides is 3. The Morgan fingerprint density at radius 2 is 1.96 bits per heavy atom. The zero-order valence-electron chi connectivity index (χ0n) is 14.9. The molecular weight excluding hydrogens is 369 g/mol. The van der Waals surface area contributed by atoms with Crippen molar-refractivity contribution in [3.05, 3.63) is 29.5 Å². The van der Waals surface area contributed by atoms with E-state index in [1.807, 2.05) is 0 Å². The number of benzene rings is 1. The van der Waals surface area contributed by atoms with Crippen molar-refractivity contribution in [2.45, 2.75) is 25.6 Å². The Hall–Kier alpha value is -2.75. The molecule has 0 fully saturated rings. The first-order valence-electron chi connectivity index (χ1n) is 7.89. The first kappa shape index (κ1) is 20.6. The summed E-state index contributed by atoms with van der Waals surface area (Å²) in [6.45, 7) is 0.698. The van der Waals surface area contributed by atoms with Gasteiger partial charge in [-0.15, -0.1) is 0 Å². The standard InChI is InChI=1S/C17H19F3N2O5/c1-9-13(14(24)22-16(2,7-23)15(25)21-3)11-6-10(4-5-12(11)27-9)26-8-17(18,19)20/h4-6,23H,7-8H2,1-3H3,(H,21,25)(H,22,24). The molecule has 1 aromatic carbocycles. The molecule has 2 rings (SSSR count). The Bertz CT molecular complexity index is 862. The Balaban J connectivity index is 2.37. The lowest BCUT2D eigenvalue weighted by molar-refractivity contribution is -0.153. The average molecular weight is 388 g/mol. The molecule has 1 atom stereocenters. The minimum atomic E-state index is -4.50. The third-order valence-corrected chi connectivity index (χ3v) is 3.90. The molecule has 0 saturated heterocycles. The van der Waals surface area contributed by atoms with Crippen LogP contribution in [0.2, 0.25) is 0 Å². The number of rotatable bonds is 6. The lowest BCUT2D eigenvalue weighted by Gasteiger charge is -2.26. The van der Waals surface area contributed by atoms with Gasteiger partial charge in [0.15, 0.2) is 6.61 Å². The number of furan rings is 1. The molecular formula is C17H19F3N2O5. The van der Waals surface area contributed by atoms with Gasteiger partial charge in [0.2, 0.25) is 5.91 Å². The number of hydrogen-bond donors (Lipinski definition) is 3. The van der Waals surface area contributed by atoms with Gasteiger partial charge in [-0.1, -0.05) is 0 Å². The average Bonchev–Trinajstić information content (AvgIpc) is 2.93. The number of ether oxygens (including phenoxy) is 1. The Morgan fingerprint density at radius 1 is 1.30 bits per heavy atom. The van der Waals surface area contributed by atoms with Crippen LogP contribution in [0, 0.1) is 6.92 Å². The Labute approximate surface area is 152 Å². The van der Waals surface area contributed by atoms with Crippen LogP contribution in [0.4, 0.5) is 13.2 Å². The van der Waals surface area contributed by atoms with Crippen molar-refractivity contribution >= 4 is 22.8 Å². The fraction of sp³-hybridized carbons (Fsp3) is 0.412. The van der Waals surface area contributed by atoms with Crippen LogP contribution in [-0.4, -0.2) is 48.9 Å². The molecule has 2 amide bonds. The maximum atomic E-state index is 12.7. The highest BCUT2D eigenvalue weighted by Gasteiger charge is 2.35. The van der Waals surface area contributed by atoms with E-state index in [0.29, 0.717) is 0 Å². The van der Waals surface area contributed by atoms with Crippen LogP contribution in [0.3, 0.4) is 0 Å². The third-order valence-electron chi connectivity index (χ3n) is 3.90. The van der Waals surface area contributed by atoms with E-state index in [2.05, 4.69) is 10.6 Å². The maximum absolute atomic E-state index is 12.7. The highest BCUT2D eigenvalue weighted by molar-refractivity contribution is 6.09. The largest absolute Gasteiger partial charge is 0.484 e. The zero-order chi connectivity index (χ0) is 20.4. The van der Waals surface area contributed by atoms with Crippen molar-refractivity contribution in [3.63, 3.8) is 0 Å². The van der Waals surface area contributed by atoms with Crippen molar-refractivity contribution in [1.29, 1.82) is 0 Å². The molecule has 0 spiro atoms. The summed E-state index contributed by atoms with van der Waals surface area (Å²) in [5, 5.41) is 14.5. The monoisotopic (exact) mass is 388 g/mol. The van der Waals surface area contributed by atoms with Gasteiger partial charge >= 0.3 is 6.18 Å². The fourth-order valence-electron chi connectivity index (χ4n) is 2.49. The first-order chi connectivity index (χ1) is 12.5. The normalized spacial score (nSPS) is 13.9. The minimum Gasteiger partial charge on any atom is -0.484 e. The molecule has 0 aliphatic carbocycles. The number of aliphatic hydroxyl groups is 1. The van der Waals surface area contributed by atoms with Gasteiger partial charge in [-0.05, 0) is 32.0 Å². The highest BCUT2D eigenvalue weighted by Crippen LogP contribution is 2.30. The molecule has 3 N–H and O–H groups in total. The second kappa shape index (κ2) is 7.47. The predicted octanol–water partition coefficient (Wildman–Crippen LogP) is 1.91. The van der Waals surface area contributed by atoms with E-state index in [9.17, 15) is 27.9 Å². The number of aryl methyl sites for hydroxylation is 1. The number of hydrogen-bond acceptors (Lipinski definition) is 5. The molecule has 0 aliphatic heterocycles. The van der Waals surface area contributed by atoms with E-state index < -0.39 is 36.7 Å². The Morgan fingerprint density at radius 3 is 2.52 bits per heavy atom. The summed E-state index contributed by atoms with van der Waals surface area (Å²) < 4.78 is 47.1. The van der Waals surface area contributed by atoms with Crippen molar-refractivity contribution in [1.82, 2.24) is 10.6 Å². The topological polar surface area (TPSA) is 101 Å². The molecule has 7 nitrogen and oxygen atoms in total. The van der Waals surface area contributed by atoms with Gasteiger partial charge in [0.25, 0.3) is 5.91 Å². The number of fused-ring (bicyclic) bond motifs is 1. The summed E-state index contributed by atoms with van der Waals surface area (Å²) in [7, 11) is 1.35. The van der Waals surface area contributed by atoms with Crippen molar-refractivity contribution in [3.8, 4) is 5.75 Å². The molecule has 148 valence electrons. The Kier molecular flexibility index (Phi) is 5.69. The summed E-state index contributed by atoms with van der Waals surface area (Å²) >= 11 is 0. The highest BCUT2D eigenvalue weighted by atomic mass is 19.4. The first-order valence-corrected chi connectivity index (χ1v) is 7.89. The van der Waals surface area contributed by atoms with E-state index in [-0.39, 0.29) is 28.0 Å². The van der Waals surface area contributed by atoms with Gasteiger partial charge in [-0.3, -0.25) is 9.59 Å². The molecule has 0 bridgehead atoms. The second-order valence-corrected chi connectivity index (χ2v) is 6.12. The van der Waals surface area contributed by atoms with Crippen LogP contribution >= 0.6 is 0 Å². The van der Waals surface area contributed by atoms with E-state index >= 15 is 0 Å². The summed E-state index contributed by atoms with van der Waals surface area (Å²) in [6, 6.07) is 3.93. The number of aliphatic hydroxyl groups excluding tert-OH is 1. The third kappa shape index (κ3) is 4.51. The van der Waals surface area contributed by atoms with Gasteiger partial charge in [0.05, 0.1) is 12.2 Å². The van der Waals surface area contributed by atoms with Crippen LogP contribution in [0.5, 0.6) is 5.75 Å². The van der Waals surface area contributed by atoms with Crippen LogP contribution in [0.25, 0.3) is 11.0 Å². The van der Waals surface area contributed by atoms with Gasteiger partial charge < -0.3 is 24.9 Å². The van der Waals surface area contributed by atoms with Crippen molar-refractivity contribution in [2.24, 2.45) is 0 Å². The zero-order valence-corrected chi connectivity index (χ0v) is 14.9. The summed E-state index contributed by atoms with van der Waals surface area (Å²) in [6.07, 6.45) is -4.50. The number of amides is 2.